The lowest BCUT2D eigenvalue weighted by atomic mass is 10.2. The van der Waals surface area contributed by atoms with Crippen LogP contribution in [0.3, 0.4) is 0 Å². The highest BCUT2D eigenvalue weighted by molar-refractivity contribution is 5.78. The fourth-order valence-corrected chi connectivity index (χ4v) is 2.09. The van der Waals surface area contributed by atoms with E-state index in [-0.39, 0.29) is 25.3 Å². The number of hydrogen-bond acceptors (Lipinski definition) is 4. The summed E-state index contributed by atoms with van der Waals surface area (Å²) < 4.78 is 36.4. The van der Waals surface area contributed by atoms with E-state index in [1.165, 1.54) is 4.90 Å². The average Bonchev–Trinajstić information content (AvgIpc) is 2.45. The molecule has 22 heavy (non-hydrogen) atoms. The molecule has 0 aliphatic carbocycles. The second kappa shape index (κ2) is 7.17. The molecule has 0 spiro atoms. The average molecular weight is 315 g/mol. The first-order valence-electron chi connectivity index (χ1n) is 6.64. The number of ether oxygens (including phenoxy) is 2. The Morgan fingerprint density at radius 1 is 1.41 bits per heavy atom. The van der Waals surface area contributed by atoms with Crippen molar-refractivity contribution in [2.24, 2.45) is 0 Å². The Balaban J connectivity index is 1.87. The highest BCUT2D eigenvalue weighted by atomic mass is 19.1. The number of morpholine rings is 1. The highest BCUT2D eigenvalue weighted by Crippen LogP contribution is 2.18. The maximum atomic E-state index is 13.4. The van der Waals surface area contributed by atoms with Crippen LogP contribution in [0.15, 0.2) is 18.2 Å². The molecule has 0 saturated carbocycles. The predicted molar refractivity (Wildman–Crippen MR) is 70.4 cm³/mol. The topological polar surface area (TPSA) is 76.1 Å². The van der Waals surface area contributed by atoms with Crippen molar-refractivity contribution in [3.63, 3.8) is 0 Å². The molecule has 0 aromatic heterocycles. The number of nitrogens with zero attached hydrogens (tertiary/aromatic N) is 1. The van der Waals surface area contributed by atoms with Gasteiger partial charge in [-0.15, -0.1) is 0 Å². The number of aliphatic carboxylic acids is 1. The van der Waals surface area contributed by atoms with E-state index < -0.39 is 36.2 Å². The molecule has 2 rings (SSSR count). The Labute approximate surface area is 125 Å². The minimum atomic E-state index is -1.01. The Morgan fingerprint density at radius 2 is 2.18 bits per heavy atom. The monoisotopic (exact) mass is 315 g/mol. The van der Waals surface area contributed by atoms with Crippen LogP contribution < -0.4 is 4.74 Å². The van der Waals surface area contributed by atoms with Crippen LogP contribution in [0.5, 0.6) is 5.75 Å². The van der Waals surface area contributed by atoms with E-state index in [2.05, 4.69) is 0 Å². The number of amides is 1. The normalized spacial score (nSPS) is 18.1. The lowest BCUT2D eigenvalue weighted by Gasteiger charge is -2.32. The summed E-state index contributed by atoms with van der Waals surface area (Å²) in [5.41, 5.74) is 0. The minimum absolute atomic E-state index is 0.139. The maximum absolute atomic E-state index is 13.4. The van der Waals surface area contributed by atoms with Gasteiger partial charge < -0.3 is 19.5 Å². The zero-order valence-electron chi connectivity index (χ0n) is 11.6. The molecule has 0 bridgehead atoms. The number of carbonyl (C=O) groups excluding carboxylic acids is 1. The Hall–Kier alpha value is -2.22. The number of carboxylic acid groups (broad SMARTS) is 1. The molecule has 1 heterocycles. The standard InChI is InChI=1S/C14H15F2NO5/c15-9-1-2-12(11(16)5-9)22-8-13(18)17-3-4-21-10(7-17)6-14(19)20/h1-2,5,10H,3-4,6-8H2,(H,19,20). The smallest absolute Gasteiger partial charge is 0.306 e. The van der Waals surface area contributed by atoms with Crippen molar-refractivity contribution in [2.45, 2.75) is 12.5 Å². The minimum Gasteiger partial charge on any atom is -0.481 e. The first-order chi connectivity index (χ1) is 10.5. The molecule has 120 valence electrons. The summed E-state index contributed by atoms with van der Waals surface area (Å²) in [7, 11) is 0. The summed E-state index contributed by atoms with van der Waals surface area (Å²) in [6.45, 7) is 0.265. The van der Waals surface area contributed by atoms with Gasteiger partial charge in [0.15, 0.2) is 18.2 Å². The summed E-state index contributed by atoms with van der Waals surface area (Å²) in [6.07, 6.45) is -0.769. The molecule has 1 fully saturated rings. The van der Waals surface area contributed by atoms with E-state index in [9.17, 15) is 18.4 Å². The number of hydrogen-bond donors (Lipinski definition) is 1. The number of carbonyl (C=O) groups is 2. The van der Waals surface area contributed by atoms with Crippen LogP contribution in [0.4, 0.5) is 8.78 Å². The SMILES string of the molecule is O=C(O)CC1CN(C(=O)COc2ccc(F)cc2F)CCO1. The van der Waals surface area contributed by atoms with Crippen molar-refractivity contribution in [1.29, 1.82) is 0 Å². The van der Waals surface area contributed by atoms with Crippen LogP contribution >= 0.6 is 0 Å². The van der Waals surface area contributed by atoms with Gasteiger partial charge in [-0.05, 0) is 12.1 Å². The Bertz CT molecular complexity index is 566. The van der Waals surface area contributed by atoms with Crippen molar-refractivity contribution >= 4 is 11.9 Å². The molecule has 1 aliphatic rings. The van der Waals surface area contributed by atoms with E-state index in [0.717, 1.165) is 12.1 Å². The molecular weight excluding hydrogens is 300 g/mol. The zero-order chi connectivity index (χ0) is 16.1. The number of halogens is 2. The third-order valence-corrected chi connectivity index (χ3v) is 3.14. The van der Waals surface area contributed by atoms with Gasteiger partial charge in [0, 0.05) is 19.2 Å². The number of carboxylic acids is 1. The lowest BCUT2D eigenvalue weighted by molar-refractivity contribution is -0.148. The van der Waals surface area contributed by atoms with Gasteiger partial charge >= 0.3 is 5.97 Å². The molecule has 1 atom stereocenters. The van der Waals surface area contributed by atoms with Gasteiger partial charge in [0.25, 0.3) is 5.91 Å². The summed E-state index contributed by atoms with van der Waals surface area (Å²) in [5, 5.41) is 8.72. The molecule has 1 aromatic rings. The predicted octanol–water partition coefficient (Wildman–Crippen LogP) is 1.05. The molecular formula is C14H15F2NO5. The van der Waals surface area contributed by atoms with Gasteiger partial charge in [0.2, 0.25) is 0 Å². The van der Waals surface area contributed by atoms with Gasteiger partial charge in [-0.1, -0.05) is 0 Å². The van der Waals surface area contributed by atoms with Crippen molar-refractivity contribution < 1.29 is 33.0 Å². The van der Waals surface area contributed by atoms with Crippen molar-refractivity contribution in [2.75, 3.05) is 26.3 Å². The first-order valence-corrected chi connectivity index (χ1v) is 6.64. The summed E-state index contributed by atoms with van der Waals surface area (Å²) in [6, 6.07) is 2.79. The molecule has 1 aliphatic heterocycles. The largest absolute Gasteiger partial charge is 0.481 e. The second-order valence-electron chi connectivity index (χ2n) is 4.79. The zero-order valence-corrected chi connectivity index (χ0v) is 11.6. The van der Waals surface area contributed by atoms with Crippen LogP contribution in [0, 0.1) is 11.6 Å². The Morgan fingerprint density at radius 3 is 2.86 bits per heavy atom. The van der Waals surface area contributed by atoms with E-state index in [1.54, 1.807) is 0 Å². The summed E-state index contributed by atoms with van der Waals surface area (Å²) in [5.74, 6) is -3.27. The van der Waals surface area contributed by atoms with Gasteiger partial charge in [-0.3, -0.25) is 9.59 Å². The first kappa shape index (κ1) is 16.2. The Kier molecular flexibility index (Phi) is 5.26. The van der Waals surface area contributed by atoms with E-state index in [0.29, 0.717) is 12.6 Å². The third kappa shape index (κ3) is 4.39. The van der Waals surface area contributed by atoms with Crippen LogP contribution in [-0.4, -0.2) is 54.3 Å². The second-order valence-corrected chi connectivity index (χ2v) is 4.79. The van der Waals surface area contributed by atoms with Crippen LogP contribution in [0.2, 0.25) is 0 Å². The number of benzene rings is 1. The summed E-state index contributed by atoms with van der Waals surface area (Å²) >= 11 is 0. The van der Waals surface area contributed by atoms with Crippen LogP contribution in [-0.2, 0) is 14.3 Å². The highest BCUT2D eigenvalue weighted by Gasteiger charge is 2.26. The van der Waals surface area contributed by atoms with Gasteiger partial charge in [-0.2, -0.15) is 0 Å². The summed E-state index contributed by atoms with van der Waals surface area (Å²) in [4.78, 5) is 24.0. The van der Waals surface area contributed by atoms with E-state index >= 15 is 0 Å². The molecule has 1 aromatic carbocycles. The van der Waals surface area contributed by atoms with Gasteiger partial charge in [0.05, 0.1) is 19.1 Å². The molecule has 1 unspecified atom stereocenters. The number of rotatable bonds is 5. The van der Waals surface area contributed by atoms with E-state index in [4.69, 9.17) is 14.6 Å². The van der Waals surface area contributed by atoms with Gasteiger partial charge in [-0.25, -0.2) is 8.78 Å². The lowest BCUT2D eigenvalue weighted by Crippen LogP contribution is -2.47. The molecule has 8 heteroatoms. The molecule has 1 N–H and O–H groups in total. The molecule has 0 radical (unpaired) electrons. The van der Waals surface area contributed by atoms with Gasteiger partial charge in [0.1, 0.15) is 5.82 Å². The van der Waals surface area contributed by atoms with E-state index in [1.807, 2.05) is 0 Å². The fraction of sp³-hybridized carbons (Fsp3) is 0.429. The van der Waals surface area contributed by atoms with Crippen molar-refractivity contribution in [1.82, 2.24) is 4.90 Å². The third-order valence-electron chi connectivity index (χ3n) is 3.14. The van der Waals surface area contributed by atoms with Crippen LogP contribution in [0.25, 0.3) is 0 Å². The van der Waals surface area contributed by atoms with Crippen LogP contribution in [0.1, 0.15) is 6.42 Å². The quantitative estimate of drug-likeness (QED) is 0.879. The molecule has 1 saturated heterocycles. The molecule has 1 amide bonds. The van der Waals surface area contributed by atoms with Crippen molar-refractivity contribution in [3.05, 3.63) is 29.8 Å². The maximum Gasteiger partial charge on any atom is 0.306 e. The fourth-order valence-electron chi connectivity index (χ4n) is 2.09. The molecule has 6 nitrogen and oxygen atoms in total. The van der Waals surface area contributed by atoms with Crippen molar-refractivity contribution in [3.8, 4) is 5.75 Å².